The van der Waals surface area contributed by atoms with Crippen molar-refractivity contribution in [2.75, 3.05) is 50.0 Å². The van der Waals surface area contributed by atoms with Gasteiger partial charge in [0.1, 0.15) is 0 Å². The minimum Gasteiger partial charge on any atom is -0.379 e. The van der Waals surface area contributed by atoms with Crippen molar-refractivity contribution in [1.82, 2.24) is 29.4 Å². The summed E-state index contributed by atoms with van der Waals surface area (Å²) in [6.07, 6.45) is 11.8. The van der Waals surface area contributed by atoms with Gasteiger partial charge in [0.25, 0.3) is 0 Å². The van der Waals surface area contributed by atoms with E-state index in [0.29, 0.717) is 18.5 Å². The van der Waals surface area contributed by atoms with E-state index in [1.165, 1.54) is 32.1 Å². The van der Waals surface area contributed by atoms with Crippen molar-refractivity contribution in [1.29, 1.82) is 0 Å². The Hall–Kier alpha value is -2.78. The van der Waals surface area contributed by atoms with Crippen molar-refractivity contribution in [3.8, 4) is 0 Å². The molecule has 0 bridgehead atoms. The maximum absolute atomic E-state index is 5.45. The molecule has 0 unspecified atom stereocenters. The molecule has 1 saturated carbocycles. The van der Waals surface area contributed by atoms with Gasteiger partial charge in [-0.1, -0.05) is 25.3 Å². The van der Waals surface area contributed by atoms with Gasteiger partial charge < -0.3 is 19.9 Å². The predicted molar refractivity (Wildman–Crippen MR) is 125 cm³/mol. The van der Waals surface area contributed by atoms with Crippen molar-refractivity contribution >= 4 is 22.9 Å². The Labute approximate surface area is 188 Å². The van der Waals surface area contributed by atoms with Crippen LogP contribution in [0.15, 0.2) is 30.9 Å². The lowest BCUT2D eigenvalue weighted by Gasteiger charge is -2.26. The van der Waals surface area contributed by atoms with Crippen molar-refractivity contribution in [3.05, 3.63) is 36.4 Å². The summed E-state index contributed by atoms with van der Waals surface area (Å²) in [6, 6.07) is 4.46. The van der Waals surface area contributed by atoms with E-state index in [1.54, 1.807) is 6.20 Å². The van der Waals surface area contributed by atoms with E-state index in [2.05, 4.69) is 25.1 Å². The lowest BCUT2D eigenvalue weighted by atomic mass is 9.95. The van der Waals surface area contributed by atoms with Crippen molar-refractivity contribution < 1.29 is 4.74 Å². The summed E-state index contributed by atoms with van der Waals surface area (Å²) in [7, 11) is 0. The maximum Gasteiger partial charge on any atom is 0.227 e. The third-order valence-electron chi connectivity index (χ3n) is 6.39. The fourth-order valence-electron chi connectivity index (χ4n) is 4.59. The molecule has 1 saturated heterocycles. The van der Waals surface area contributed by atoms with E-state index >= 15 is 0 Å². The lowest BCUT2D eigenvalue weighted by molar-refractivity contribution is 0.0398. The number of fused-ring (bicyclic) bond motifs is 1. The normalized spacial score (nSPS) is 18.1. The van der Waals surface area contributed by atoms with Crippen LogP contribution in [0.3, 0.4) is 0 Å². The highest BCUT2D eigenvalue weighted by molar-refractivity contribution is 5.84. The van der Waals surface area contributed by atoms with Crippen LogP contribution in [0, 0.1) is 0 Å². The number of anilines is 2. The molecule has 170 valence electrons. The Morgan fingerprint density at radius 2 is 1.94 bits per heavy atom. The Bertz CT molecular complexity index is 996. The number of imidazole rings is 1. The van der Waals surface area contributed by atoms with Crippen LogP contribution in [-0.4, -0.2) is 68.8 Å². The molecule has 2 N–H and O–H groups in total. The molecule has 9 nitrogen and oxygen atoms in total. The van der Waals surface area contributed by atoms with E-state index in [-0.39, 0.29) is 0 Å². The van der Waals surface area contributed by atoms with Crippen LogP contribution < -0.4 is 10.6 Å². The first-order chi connectivity index (χ1) is 15.9. The van der Waals surface area contributed by atoms with E-state index in [9.17, 15) is 0 Å². The number of nitrogens with one attached hydrogen (secondary N) is 2. The molecule has 32 heavy (non-hydrogen) atoms. The standard InChI is InChI=1S/C23H32N8O/c1-2-6-19(7-3-1)31-17-27-20-21(25-9-10-30-11-13-32-14-12-30)28-23(29-22(20)31)26-16-18-5-4-8-24-15-18/h4-5,8,15,17,19H,1-3,6-7,9-14,16H2,(H2,25,26,28,29). The molecule has 1 aliphatic heterocycles. The Balaban J connectivity index is 1.37. The van der Waals surface area contributed by atoms with E-state index < -0.39 is 0 Å². The molecule has 2 aliphatic rings. The Morgan fingerprint density at radius 3 is 2.75 bits per heavy atom. The van der Waals surface area contributed by atoms with Gasteiger partial charge in [-0.15, -0.1) is 0 Å². The first kappa shape index (κ1) is 21.1. The van der Waals surface area contributed by atoms with Crippen molar-refractivity contribution in [3.63, 3.8) is 0 Å². The average Bonchev–Trinajstić information content (AvgIpc) is 3.29. The second kappa shape index (κ2) is 10.2. The molecule has 0 spiro atoms. The third kappa shape index (κ3) is 4.99. The number of hydrogen-bond donors (Lipinski definition) is 2. The number of rotatable bonds is 8. The number of hydrogen-bond acceptors (Lipinski definition) is 8. The highest BCUT2D eigenvalue weighted by Crippen LogP contribution is 2.32. The molecule has 5 rings (SSSR count). The summed E-state index contributed by atoms with van der Waals surface area (Å²) in [6.45, 7) is 5.98. The molecule has 4 heterocycles. The van der Waals surface area contributed by atoms with Gasteiger partial charge in [0.2, 0.25) is 5.95 Å². The van der Waals surface area contributed by atoms with E-state index in [1.807, 2.05) is 24.7 Å². The average molecular weight is 437 g/mol. The van der Waals surface area contributed by atoms with Gasteiger partial charge in [0.05, 0.1) is 19.5 Å². The van der Waals surface area contributed by atoms with Gasteiger partial charge in [-0.2, -0.15) is 9.97 Å². The van der Waals surface area contributed by atoms with Crippen LogP contribution in [0.25, 0.3) is 11.2 Å². The summed E-state index contributed by atoms with van der Waals surface area (Å²) in [5.41, 5.74) is 2.86. The van der Waals surface area contributed by atoms with Gasteiger partial charge in [-0.25, -0.2) is 4.98 Å². The zero-order valence-corrected chi connectivity index (χ0v) is 18.5. The Morgan fingerprint density at radius 1 is 1.06 bits per heavy atom. The fourth-order valence-corrected chi connectivity index (χ4v) is 4.59. The highest BCUT2D eigenvalue weighted by Gasteiger charge is 2.21. The lowest BCUT2D eigenvalue weighted by Crippen LogP contribution is -2.39. The largest absolute Gasteiger partial charge is 0.379 e. The van der Waals surface area contributed by atoms with E-state index in [0.717, 1.165) is 61.9 Å². The monoisotopic (exact) mass is 436 g/mol. The number of ether oxygens (including phenoxy) is 1. The second-order valence-electron chi connectivity index (χ2n) is 8.61. The summed E-state index contributed by atoms with van der Waals surface area (Å²) in [4.78, 5) is 21.0. The van der Waals surface area contributed by atoms with Gasteiger partial charge in [-0.05, 0) is 24.5 Å². The van der Waals surface area contributed by atoms with Crippen molar-refractivity contribution in [2.45, 2.75) is 44.7 Å². The molecule has 0 amide bonds. The minimum atomic E-state index is 0.469. The molecule has 3 aromatic rings. The SMILES string of the molecule is c1cncc(CNc2nc(NCCN3CCOCC3)c3ncn(C4CCCCC4)c3n2)c1. The summed E-state index contributed by atoms with van der Waals surface area (Å²) in [5, 5.41) is 6.91. The summed E-state index contributed by atoms with van der Waals surface area (Å²) < 4.78 is 7.72. The zero-order chi connectivity index (χ0) is 21.6. The van der Waals surface area contributed by atoms with Crippen LogP contribution in [0.5, 0.6) is 0 Å². The smallest absolute Gasteiger partial charge is 0.227 e. The number of aromatic nitrogens is 5. The topological polar surface area (TPSA) is 93.0 Å². The van der Waals surface area contributed by atoms with Gasteiger partial charge >= 0.3 is 0 Å². The zero-order valence-electron chi connectivity index (χ0n) is 18.5. The molecule has 0 aromatic carbocycles. The molecule has 2 fully saturated rings. The number of pyridine rings is 1. The predicted octanol–water partition coefficient (Wildman–Crippen LogP) is 3.08. The number of nitrogens with zero attached hydrogens (tertiary/aromatic N) is 6. The Kier molecular flexibility index (Phi) is 6.74. The minimum absolute atomic E-state index is 0.469. The first-order valence-electron chi connectivity index (χ1n) is 11.8. The molecular formula is C23H32N8O. The third-order valence-corrected chi connectivity index (χ3v) is 6.39. The van der Waals surface area contributed by atoms with Gasteiger partial charge in [-0.3, -0.25) is 9.88 Å². The molecule has 9 heteroatoms. The molecule has 0 radical (unpaired) electrons. The summed E-state index contributed by atoms with van der Waals surface area (Å²) >= 11 is 0. The molecular weight excluding hydrogens is 404 g/mol. The van der Waals surface area contributed by atoms with Crippen LogP contribution in [-0.2, 0) is 11.3 Å². The fraction of sp³-hybridized carbons (Fsp3) is 0.565. The van der Waals surface area contributed by atoms with Crippen molar-refractivity contribution in [2.24, 2.45) is 0 Å². The molecule has 1 aliphatic carbocycles. The van der Waals surface area contributed by atoms with Crippen LogP contribution in [0.4, 0.5) is 11.8 Å². The van der Waals surface area contributed by atoms with Crippen LogP contribution in [0.2, 0.25) is 0 Å². The molecule has 3 aromatic heterocycles. The maximum atomic E-state index is 5.45. The van der Waals surface area contributed by atoms with Gasteiger partial charge in [0, 0.05) is 51.2 Å². The summed E-state index contributed by atoms with van der Waals surface area (Å²) in [5.74, 6) is 1.42. The number of morpholine rings is 1. The van der Waals surface area contributed by atoms with Crippen LogP contribution >= 0.6 is 0 Å². The highest BCUT2D eigenvalue weighted by atomic mass is 16.5. The van der Waals surface area contributed by atoms with E-state index in [4.69, 9.17) is 19.7 Å². The second-order valence-corrected chi connectivity index (χ2v) is 8.61. The first-order valence-corrected chi connectivity index (χ1v) is 11.8. The van der Waals surface area contributed by atoms with Gasteiger partial charge in [0.15, 0.2) is 17.0 Å². The molecule has 0 atom stereocenters. The quantitative estimate of drug-likeness (QED) is 0.557. The van der Waals surface area contributed by atoms with Crippen LogP contribution in [0.1, 0.15) is 43.7 Å².